The first-order chi connectivity index (χ1) is 21.4. The van der Waals surface area contributed by atoms with Crippen molar-refractivity contribution in [1.82, 2.24) is 14.5 Å². The zero-order valence-electron chi connectivity index (χ0n) is 25.5. The molecule has 0 radical (unpaired) electrons. The van der Waals surface area contributed by atoms with Gasteiger partial charge in [-0.2, -0.15) is 0 Å². The lowest BCUT2D eigenvalue weighted by atomic mass is 9.92. The number of hydrogen-bond acceptors (Lipinski definition) is 3. The van der Waals surface area contributed by atoms with Gasteiger partial charge in [0.1, 0.15) is 11.6 Å². The van der Waals surface area contributed by atoms with Crippen LogP contribution in [0.25, 0.3) is 61.4 Å². The zero-order chi connectivity index (χ0) is 30.4. The summed E-state index contributed by atoms with van der Waals surface area (Å²) in [6, 6.07) is 41.4. The highest BCUT2D eigenvalue weighted by Gasteiger charge is 2.22. The third kappa shape index (κ3) is 4.83. The lowest BCUT2D eigenvalue weighted by molar-refractivity contribution is 0.478. The molecule has 4 nitrogen and oxygen atoms in total. The van der Waals surface area contributed by atoms with Gasteiger partial charge >= 0.3 is 0 Å². The number of fused-ring (bicyclic) bond motifs is 2. The van der Waals surface area contributed by atoms with Gasteiger partial charge in [0.25, 0.3) is 0 Å². The largest absolute Gasteiger partial charge is 0.507 e. The number of rotatable bonds is 6. The summed E-state index contributed by atoms with van der Waals surface area (Å²) < 4.78 is 2.36. The van der Waals surface area contributed by atoms with Crippen molar-refractivity contribution in [3.05, 3.63) is 132 Å². The fourth-order valence-electron chi connectivity index (χ4n) is 6.21. The van der Waals surface area contributed by atoms with Crippen LogP contribution in [0, 0.1) is 0 Å². The summed E-state index contributed by atoms with van der Waals surface area (Å²) in [5, 5.41) is 13.0. The maximum Gasteiger partial charge on any atom is 0.145 e. The summed E-state index contributed by atoms with van der Waals surface area (Å²) >= 11 is 0. The topological polar surface area (TPSA) is 50.9 Å². The first-order valence-electron chi connectivity index (χ1n) is 15.3. The molecule has 2 heterocycles. The van der Waals surface area contributed by atoms with Crippen LogP contribution >= 0.6 is 0 Å². The number of nitrogens with zero attached hydrogens (tertiary/aromatic N) is 3. The fraction of sp³-hybridized carbons (Fsp3) is 0.150. The maximum atomic E-state index is 10.9. The van der Waals surface area contributed by atoms with Crippen molar-refractivity contribution in [2.45, 2.75) is 39.5 Å². The predicted octanol–water partition coefficient (Wildman–Crippen LogP) is 10.5. The van der Waals surface area contributed by atoms with Gasteiger partial charge in [-0.1, -0.05) is 107 Å². The van der Waals surface area contributed by atoms with Gasteiger partial charge in [-0.05, 0) is 76.2 Å². The van der Waals surface area contributed by atoms with Crippen molar-refractivity contribution >= 4 is 21.8 Å². The van der Waals surface area contributed by atoms with Crippen molar-refractivity contribution in [1.29, 1.82) is 0 Å². The number of phenolic OH excluding ortho intramolecular Hbond substituents is 1. The summed E-state index contributed by atoms with van der Waals surface area (Å²) in [6.07, 6.45) is 0. The Morgan fingerprint density at radius 1 is 0.568 bits per heavy atom. The normalized spacial score (nSPS) is 11.7. The van der Waals surface area contributed by atoms with E-state index in [9.17, 15) is 5.11 Å². The molecule has 0 aliphatic carbocycles. The summed E-state index contributed by atoms with van der Waals surface area (Å²) in [6.45, 7) is 9.03. The van der Waals surface area contributed by atoms with Crippen LogP contribution in [0.3, 0.4) is 0 Å². The molecule has 0 amide bonds. The molecule has 44 heavy (non-hydrogen) atoms. The van der Waals surface area contributed by atoms with Gasteiger partial charge in [-0.25, -0.2) is 9.97 Å². The van der Waals surface area contributed by atoms with Crippen molar-refractivity contribution < 1.29 is 5.11 Å². The average Bonchev–Trinajstić information content (AvgIpc) is 3.43. The molecule has 7 rings (SSSR count). The molecule has 0 atom stereocenters. The number of para-hydroxylation sites is 3. The number of imidazole rings is 1. The molecular weight excluding hydrogens is 538 g/mol. The molecule has 0 spiro atoms. The lowest BCUT2D eigenvalue weighted by Crippen LogP contribution is -2.08. The van der Waals surface area contributed by atoms with Crippen LogP contribution in [0.5, 0.6) is 5.75 Å². The summed E-state index contributed by atoms with van der Waals surface area (Å²) in [4.78, 5) is 10.2. The minimum absolute atomic E-state index is 0.223. The van der Waals surface area contributed by atoms with Crippen molar-refractivity contribution in [2.75, 3.05) is 0 Å². The maximum absolute atomic E-state index is 10.9. The standard InChI is InChI=1S/C40H35N3O/c1-25(2)31-16-10-17-32(26(3)4)39(31)43-37-21-8-7-18-36(37)42-40(43)30-15-9-14-29(22-30)34-19-11-20-35(41-34)33-23-27-12-5-6-13-28(27)24-38(33)44/h5-26,44H,1-4H3. The number of benzene rings is 5. The van der Waals surface area contributed by atoms with E-state index >= 15 is 0 Å². The number of phenols is 1. The van der Waals surface area contributed by atoms with Gasteiger partial charge in [-0.15, -0.1) is 0 Å². The molecule has 0 aliphatic rings. The van der Waals surface area contributed by atoms with Gasteiger partial charge in [0.05, 0.1) is 28.1 Å². The minimum Gasteiger partial charge on any atom is -0.507 e. The molecule has 4 heteroatoms. The van der Waals surface area contributed by atoms with Gasteiger partial charge in [-0.3, -0.25) is 4.57 Å². The van der Waals surface area contributed by atoms with E-state index in [2.05, 4.69) is 105 Å². The van der Waals surface area contributed by atoms with Crippen LogP contribution < -0.4 is 0 Å². The number of aromatic hydroxyl groups is 1. The Morgan fingerprint density at radius 3 is 1.93 bits per heavy atom. The first kappa shape index (κ1) is 27.6. The van der Waals surface area contributed by atoms with Gasteiger partial charge in [0.15, 0.2) is 0 Å². The Kier molecular flexibility index (Phi) is 6.98. The van der Waals surface area contributed by atoms with Gasteiger partial charge in [0, 0.05) is 16.7 Å². The third-order valence-electron chi connectivity index (χ3n) is 8.43. The first-order valence-corrected chi connectivity index (χ1v) is 15.3. The SMILES string of the molecule is CC(C)c1cccc(C(C)C)c1-n1c(-c2cccc(-c3cccc(-c4cc5ccccc5cc4O)n3)c2)nc2ccccc21. The Morgan fingerprint density at radius 2 is 1.18 bits per heavy atom. The van der Waals surface area contributed by atoms with E-state index < -0.39 is 0 Å². The van der Waals surface area contributed by atoms with Crippen molar-refractivity contribution in [3.63, 3.8) is 0 Å². The second kappa shape index (κ2) is 11.1. The van der Waals surface area contributed by atoms with E-state index in [0.717, 1.165) is 55.7 Å². The second-order valence-electron chi connectivity index (χ2n) is 12.1. The molecule has 0 fully saturated rings. The molecule has 1 N–H and O–H groups in total. The van der Waals surface area contributed by atoms with Crippen LogP contribution in [0.15, 0.2) is 121 Å². The van der Waals surface area contributed by atoms with Crippen molar-refractivity contribution in [2.24, 2.45) is 0 Å². The predicted molar refractivity (Wildman–Crippen MR) is 183 cm³/mol. The molecular formula is C40H35N3O. The zero-order valence-corrected chi connectivity index (χ0v) is 25.5. The molecule has 0 saturated heterocycles. The Labute approximate surface area is 258 Å². The van der Waals surface area contributed by atoms with E-state index in [1.807, 2.05) is 48.5 Å². The van der Waals surface area contributed by atoms with Gasteiger partial charge < -0.3 is 5.11 Å². The molecule has 5 aromatic carbocycles. The lowest BCUT2D eigenvalue weighted by Gasteiger charge is -2.22. The molecule has 0 unspecified atom stereocenters. The molecule has 7 aromatic rings. The number of aromatic nitrogens is 3. The van der Waals surface area contributed by atoms with E-state index in [1.165, 1.54) is 16.8 Å². The fourth-order valence-corrected chi connectivity index (χ4v) is 6.21. The third-order valence-corrected chi connectivity index (χ3v) is 8.43. The molecule has 0 bridgehead atoms. The molecule has 216 valence electrons. The quantitative estimate of drug-likeness (QED) is 0.215. The minimum atomic E-state index is 0.223. The van der Waals surface area contributed by atoms with E-state index in [4.69, 9.17) is 9.97 Å². The van der Waals surface area contributed by atoms with E-state index in [-0.39, 0.29) is 5.75 Å². The van der Waals surface area contributed by atoms with Crippen molar-refractivity contribution in [3.8, 4) is 45.3 Å². The smallest absolute Gasteiger partial charge is 0.145 e. The van der Waals surface area contributed by atoms with Crippen LogP contribution in [-0.2, 0) is 0 Å². The van der Waals surface area contributed by atoms with Crippen LogP contribution in [0.1, 0.15) is 50.7 Å². The van der Waals surface area contributed by atoms with E-state index in [0.29, 0.717) is 11.8 Å². The van der Waals surface area contributed by atoms with E-state index in [1.54, 1.807) is 0 Å². The van der Waals surface area contributed by atoms with Crippen LogP contribution in [0.2, 0.25) is 0 Å². The highest BCUT2D eigenvalue weighted by atomic mass is 16.3. The Bertz CT molecular complexity index is 2130. The van der Waals surface area contributed by atoms with Gasteiger partial charge in [0.2, 0.25) is 0 Å². The summed E-state index contributed by atoms with van der Waals surface area (Å²) in [7, 11) is 0. The monoisotopic (exact) mass is 573 g/mol. The molecule has 0 saturated carbocycles. The molecule has 0 aliphatic heterocycles. The number of hydrogen-bond donors (Lipinski definition) is 1. The Balaban J connectivity index is 1.39. The average molecular weight is 574 g/mol. The number of pyridine rings is 1. The highest BCUT2D eigenvalue weighted by molar-refractivity contribution is 5.90. The van der Waals surface area contributed by atoms with Crippen LogP contribution in [0.4, 0.5) is 0 Å². The summed E-state index contributed by atoms with van der Waals surface area (Å²) in [5.41, 5.74) is 10.2. The summed E-state index contributed by atoms with van der Waals surface area (Å²) in [5.74, 6) is 1.83. The Hall–Kier alpha value is -5.22. The highest BCUT2D eigenvalue weighted by Crippen LogP contribution is 2.38. The second-order valence-corrected chi connectivity index (χ2v) is 12.1. The molecule has 2 aromatic heterocycles. The van der Waals surface area contributed by atoms with Crippen LogP contribution in [-0.4, -0.2) is 19.6 Å².